The largest absolute Gasteiger partial charge is 0.465 e. The number of hydrogen-bond donors (Lipinski definition) is 2. The van der Waals surface area contributed by atoms with Crippen molar-refractivity contribution in [2.75, 3.05) is 12.4 Å². The van der Waals surface area contributed by atoms with Gasteiger partial charge in [0, 0.05) is 5.69 Å². The second-order valence-electron chi connectivity index (χ2n) is 4.57. The molecule has 0 atom stereocenters. The lowest BCUT2D eigenvalue weighted by atomic mass is 10.2. The number of aliphatic imine (C=N–C) groups is 1. The lowest BCUT2D eigenvalue weighted by Crippen LogP contribution is -2.25. The van der Waals surface area contributed by atoms with Crippen LogP contribution in [-0.4, -0.2) is 19.0 Å². The van der Waals surface area contributed by atoms with Crippen LogP contribution < -0.4 is 10.7 Å². The maximum absolute atomic E-state index is 11.5. The van der Waals surface area contributed by atoms with Crippen molar-refractivity contribution in [3.8, 4) is 0 Å². The molecule has 0 aliphatic heterocycles. The molecule has 0 saturated heterocycles. The number of carbonyl (C=O) groups excluding carboxylic acids is 1. The molecule has 2 aromatic carbocycles. The minimum atomic E-state index is -0.422. The van der Waals surface area contributed by atoms with Gasteiger partial charge in [-0.25, -0.2) is 9.79 Å². The van der Waals surface area contributed by atoms with E-state index in [-0.39, 0.29) is 0 Å². The molecular weight excluding hydrogens is 292 g/mol. The van der Waals surface area contributed by atoms with Crippen LogP contribution in [0.4, 0.5) is 5.69 Å². The number of nitrogens with zero attached hydrogens (tertiary/aromatic N) is 2. The average Bonchev–Trinajstić information content (AvgIpc) is 2.60. The molecular formula is C17H16N4O2. The quantitative estimate of drug-likeness (QED) is 0.300. The average molecular weight is 308 g/mol. The van der Waals surface area contributed by atoms with Gasteiger partial charge < -0.3 is 10.1 Å². The van der Waals surface area contributed by atoms with E-state index >= 15 is 0 Å². The van der Waals surface area contributed by atoms with Gasteiger partial charge in [-0.3, -0.25) is 0 Å². The molecule has 0 heterocycles. The number of guanidine groups is 1. The van der Waals surface area contributed by atoms with Crippen LogP contribution in [0.3, 0.4) is 0 Å². The molecule has 0 fully saturated rings. The maximum Gasteiger partial charge on any atom is 0.337 e. The Morgan fingerprint density at radius 1 is 1.22 bits per heavy atom. The Labute approximate surface area is 134 Å². The molecule has 0 bridgehead atoms. The normalized spacial score (nSPS) is 10.5. The summed E-state index contributed by atoms with van der Waals surface area (Å²) in [6.45, 7) is 7.37. The highest BCUT2D eigenvalue weighted by molar-refractivity contribution is 5.96. The van der Waals surface area contributed by atoms with E-state index < -0.39 is 5.97 Å². The van der Waals surface area contributed by atoms with Crippen molar-refractivity contribution in [2.24, 2.45) is 4.99 Å². The van der Waals surface area contributed by atoms with Crippen LogP contribution in [0.25, 0.3) is 4.95 Å². The topological polar surface area (TPSA) is 67.1 Å². The standard InChI is InChI=1S/C17H16N4O2/c1-18-21-17(19-12-13-7-4-3-5-8-13)20-15-10-6-9-14(11-15)16(22)23-2/h3-11H,12H2,2H3,(H2,19,20,21). The number of carbonyl (C=O) groups is 1. The monoisotopic (exact) mass is 308 g/mol. The van der Waals surface area contributed by atoms with Gasteiger partial charge in [-0.15, -0.1) is 0 Å². The Bertz CT molecular complexity index is 736. The Kier molecular flexibility index (Phi) is 5.72. The lowest BCUT2D eigenvalue weighted by molar-refractivity contribution is 0.0601. The molecule has 6 nitrogen and oxygen atoms in total. The van der Waals surface area contributed by atoms with Crippen LogP contribution in [0.5, 0.6) is 0 Å². The van der Waals surface area contributed by atoms with E-state index in [2.05, 4.69) is 25.4 Å². The molecule has 116 valence electrons. The number of nitrogens with one attached hydrogen (secondary N) is 2. The van der Waals surface area contributed by atoms with Gasteiger partial charge in [-0.2, -0.15) is 11.5 Å². The highest BCUT2D eigenvalue weighted by Crippen LogP contribution is 2.11. The van der Waals surface area contributed by atoms with Crippen molar-refractivity contribution < 1.29 is 9.53 Å². The van der Waals surface area contributed by atoms with Gasteiger partial charge in [0.1, 0.15) is 0 Å². The zero-order chi connectivity index (χ0) is 16.5. The highest BCUT2D eigenvalue weighted by Gasteiger charge is 2.07. The van der Waals surface area contributed by atoms with E-state index in [0.717, 1.165) is 5.56 Å². The third-order valence-corrected chi connectivity index (χ3v) is 2.97. The summed E-state index contributed by atoms with van der Waals surface area (Å²) in [6.07, 6.45) is 0. The molecule has 0 radical (unpaired) electrons. The zero-order valence-corrected chi connectivity index (χ0v) is 12.6. The van der Waals surface area contributed by atoms with E-state index in [0.29, 0.717) is 23.8 Å². The summed E-state index contributed by atoms with van der Waals surface area (Å²) in [4.78, 5) is 19.0. The van der Waals surface area contributed by atoms with Crippen LogP contribution >= 0.6 is 0 Å². The first-order valence-corrected chi connectivity index (χ1v) is 6.89. The number of rotatable bonds is 4. The fourth-order valence-corrected chi connectivity index (χ4v) is 1.89. The van der Waals surface area contributed by atoms with Crippen LogP contribution in [0.1, 0.15) is 15.9 Å². The summed E-state index contributed by atoms with van der Waals surface area (Å²) in [7, 11) is 1.33. The fraction of sp³-hybridized carbons (Fsp3) is 0.118. The first-order chi connectivity index (χ1) is 11.2. The Balaban J connectivity index is 2.13. The molecule has 2 aromatic rings. The first-order valence-electron chi connectivity index (χ1n) is 6.89. The maximum atomic E-state index is 11.5. The summed E-state index contributed by atoms with van der Waals surface area (Å²) < 4.78 is 4.69. The summed E-state index contributed by atoms with van der Waals surface area (Å²) in [6, 6.07) is 16.5. The number of benzene rings is 2. The first kappa shape index (κ1) is 16.0. The number of ether oxygens (including phenoxy) is 1. The predicted molar refractivity (Wildman–Crippen MR) is 88.7 cm³/mol. The molecule has 0 unspecified atom stereocenters. The Morgan fingerprint density at radius 3 is 2.70 bits per heavy atom. The van der Waals surface area contributed by atoms with E-state index in [4.69, 9.17) is 6.57 Å². The molecule has 0 saturated carbocycles. The summed E-state index contributed by atoms with van der Waals surface area (Å²) in [5.74, 6) is -0.111. The number of esters is 1. The van der Waals surface area contributed by atoms with Crippen molar-refractivity contribution in [2.45, 2.75) is 6.54 Å². The van der Waals surface area contributed by atoms with Crippen molar-refractivity contribution in [1.29, 1.82) is 0 Å². The molecule has 0 aliphatic carbocycles. The molecule has 6 heteroatoms. The summed E-state index contributed by atoms with van der Waals surface area (Å²) in [5, 5.41) is 2.99. The van der Waals surface area contributed by atoms with Crippen LogP contribution in [0, 0.1) is 6.57 Å². The van der Waals surface area contributed by atoms with Gasteiger partial charge in [0.15, 0.2) is 0 Å². The SMILES string of the molecule is [C-]#[N+]NC(=NCc1ccccc1)Nc1cccc(C(=O)OC)c1. The summed E-state index contributed by atoms with van der Waals surface area (Å²) >= 11 is 0. The van der Waals surface area contributed by atoms with E-state index in [1.807, 2.05) is 30.3 Å². The van der Waals surface area contributed by atoms with Gasteiger partial charge in [-0.05, 0) is 23.8 Å². The minimum absolute atomic E-state index is 0.311. The van der Waals surface area contributed by atoms with Crippen molar-refractivity contribution in [3.63, 3.8) is 0 Å². The van der Waals surface area contributed by atoms with E-state index in [1.165, 1.54) is 7.11 Å². The van der Waals surface area contributed by atoms with E-state index in [9.17, 15) is 4.79 Å². The number of methoxy groups -OCH3 is 1. The predicted octanol–water partition coefficient (Wildman–Crippen LogP) is 2.87. The Morgan fingerprint density at radius 2 is 2.00 bits per heavy atom. The van der Waals surface area contributed by atoms with Crippen LogP contribution in [0.2, 0.25) is 0 Å². The summed E-state index contributed by atoms with van der Waals surface area (Å²) in [5.41, 5.74) is 4.56. The fourth-order valence-electron chi connectivity index (χ4n) is 1.89. The lowest BCUT2D eigenvalue weighted by Gasteiger charge is -2.07. The van der Waals surface area contributed by atoms with E-state index in [1.54, 1.807) is 24.3 Å². The van der Waals surface area contributed by atoms with Gasteiger partial charge in [0.2, 0.25) is 0 Å². The van der Waals surface area contributed by atoms with Crippen molar-refractivity contribution in [3.05, 3.63) is 77.3 Å². The second-order valence-corrected chi connectivity index (χ2v) is 4.57. The van der Waals surface area contributed by atoms with Crippen LogP contribution in [0.15, 0.2) is 59.6 Å². The highest BCUT2D eigenvalue weighted by atomic mass is 16.5. The third kappa shape index (κ3) is 4.86. The molecule has 2 rings (SSSR count). The van der Waals surface area contributed by atoms with Gasteiger partial charge in [0.25, 0.3) is 5.96 Å². The molecule has 2 N–H and O–H groups in total. The second kappa shape index (κ2) is 8.20. The number of hydrogen-bond acceptors (Lipinski definition) is 3. The zero-order valence-electron chi connectivity index (χ0n) is 12.6. The molecule has 0 aliphatic rings. The minimum Gasteiger partial charge on any atom is -0.465 e. The third-order valence-electron chi connectivity index (χ3n) is 2.97. The van der Waals surface area contributed by atoms with Gasteiger partial charge in [-0.1, -0.05) is 41.8 Å². The van der Waals surface area contributed by atoms with Gasteiger partial charge in [0.05, 0.1) is 19.2 Å². The van der Waals surface area contributed by atoms with Crippen molar-refractivity contribution in [1.82, 2.24) is 5.43 Å². The number of anilines is 1. The Hall–Kier alpha value is -3.33. The van der Waals surface area contributed by atoms with Crippen molar-refractivity contribution >= 4 is 17.6 Å². The van der Waals surface area contributed by atoms with Crippen LogP contribution in [-0.2, 0) is 11.3 Å². The smallest absolute Gasteiger partial charge is 0.337 e. The molecule has 23 heavy (non-hydrogen) atoms. The van der Waals surface area contributed by atoms with Gasteiger partial charge >= 0.3 is 5.97 Å². The molecule has 0 spiro atoms. The molecule has 0 amide bonds. The molecule has 0 aromatic heterocycles.